The average molecular weight is 2020 g/mol. The molecule has 9 aromatic rings. The number of benzene rings is 5. The number of alkyl halides is 3. The molecule has 9 N–H and O–H groups in total. The summed E-state index contributed by atoms with van der Waals surface area (Å²) in [5.41, 5.74) is 2.08. The van der Waals surface area contributed by atoms with Crippen LogP contribution in [-0.2, 0) is 66.3 Å². The van der Waals surface area contributed by atoms with E-state index in [1.165, 1.54) is 23.2 Å². The van der Waals surface area contributed by atoms with Crippen LogP contribution in [0.1, 0.15) is 248 Å². The molecular formula is C97H102F9N10NaO26. The Labute approximate surface area is 832 Å². The van der Waals surface area contributed by atoms with Gasteiger partial charge >= 0.3 is 59.7 Å². The summed E-state index contributed by atoms with van der Waals surface area (Å²) in [6.45, 7) is 7.80. The first-order valence-electron chi connectivity index (χ1n) is 44.1. The van der Waals surface area contributed by atoms with Crippen molar-refractivity contribution in [3.05, 3.63) is 289 Å². The molecule has 16 rings (SSSR count). The number of ether oxygens (including phenoxy) is 7. The molecule has 143 heavy (non-hydrogen) atoms. The first kappa shape index (κ1) is 114. The zero-order valence-corrected chi connectivity index (χ0v) is 79.5. The molecule has 7 heterocycles. The molecule has 7 aliphatic rings. The summed E-state index contributed by atoms with van der Waals surface area (Å²) in [6, 6.07) is 28.8. The predicted molar refractivity (Wildman–Crippen MR) is 483 cm³/mol. The molecule has 4 fully saturated rings. The SMILES string of the molecule is C.CC(C)(C)OC(=O)N[C@H]1CCC[C@H]1N.CCOC(=O)c1cn2c(c(OCc3ccccc3)c1=O)C(=O)N[C@H]1CCC[C@H]12.CCOC(=O)c1occ(C(=O)OC)c(=O)c1OCc1ccccc1.O=C(NCc1c(F)cc(F)cc1F)c1cn2c(c(O)c1=O)C(=O)N[C@H]1CCC[C@H]12.O=C(NCc1c(F)cc(F)cc1F)c1cn2c(c(OCc3ccccc3)c1=O)C(=O)N[C@H]1CCC[C@H]12.O=CC(F)(F)F.O=CO[O-].[Na+]. The topological polar surface area (TPSA) is 499 Å². The second-order valence-corrected chi connectivity index (χ2v) is 33.3. The van der Waals surface area contributed by atoms with Gasteiger partial charge in [0.1, 0.15) is 88.8 Å². The minimum Gasteiger partial charge on any atom is -0.662 e. The summed E-state index contributed by atoms with van der Waals surface area (Å²) < 4.78 is 159. The Hall–Kier alpha value is -14.4. The van der Waals surface area contributed by atoms with Gasteiger partial charge in [-0.2, -0.15) is 13.2 Å². The maximum atomic E-state index is 14.0. The summed E-state index contributed by atoms with van der Waals surface area (Å²) in [5, 5.41) is 34.6. The Morgan fingerprint density at radius 1 is 0.517 bits per heavy atom. The number of esters is 3. The molecule has 46 heteroatoms. The van der Waals surface area contributed by atoms with Crippen LogP contribution in [0.4, 0.5) is 44.3 Å². The Morgan fingerprint density at radius 3 is 1.24 bits per heavy atom. The van der Waals surface area contributed by atoms with Crippen LogP contribution in [0.5, 0.6) is 23.0 Å². The molecule has 6 amide bonds. The maximum Gasteiger partial charge on any atom is 1.00 e. The van der Waals surface area contributed by atoms with Crippen molar-refractivity contribution in [3.8, 4) is 23.0 Å². The van der Waals surface area contributed by atoms with E-state index in [1.54, 1.807) is 71.5 Å². The van der Waals surface area contributed by atoms with Crippen molar-refractivity contribution in [2.24, 2.45) is 5.73 Å². The quantitative estimate of drug-likeness (QED) is 0.00602. The number of amides is 6. The number of rotatable bonds is 22. The number of aldehydes is 1. The van der Waals surface area contributed by atoms with Crippen molar-refractivity contribution in [1.29, 1.82) is 0 Å². The fourth-order valence-corrected chi connectivity index (χ4v) is 16.3. The Balaban J connectivity index is 0.000000217. The van der Waals surface area contributed by atoms with Gasteiger partial charge in [-0.3, -0.25) is 52.7 Å². The first-order valence-corrected chi connectivity index (χ1v) is 44.1. The molecule has 4 aliphatic carbocycles. The molecule has 760 valence electrons. The molecule has 0 radical (unpaired) electrons. The molecule has 4 saturated carbocycles. The fourth-order valence-electron chi connectivity index (χ4n) is 16.3. The molecule has 5 aromatic carbocycles. The number of hydrogen-bond acceptors (Lipinski definition) is 27. The third-order valence-electron chi connectivity index (χ3n) is 22.7. The van der Waals surface area contributed by atoms with Crippen LogP contribution in [0, 0.1) is 34.9 Å². The number of carbonyl (C=O) groups excluding carboxylic acids is 11. The van der Waals surface area contributed by atoms with Crippen LogP contribution < -0.4 is 108 Å². The molecule has 3 aliphatic heterocycles. The van der Waals surface area contributed by atoms with Crippen molar-refractivity contribution in [3.63, 3.8) is 0 Å². The predicted octanol–water partition coefficient (Wildman–Crippen LogP) is 8.19. The number of fused-ring (bicyclic) bond motifs is 9. The van der Waals surface area contributed by atoms with Crippen molar-refractivity contribution >= 4 is 66.3 Å². The largest absolute Gasteiger partial charge is 1.00 e. The Morgan fingerprint density at radius 2 is 0.874 bits per heavy atom. The van der Waals surface area contributed by atoms with Crippen LogP contribution in [0.15, 0.2) is 164 Å². The number of nitrogens with two attached hydrogens (primary N) is 1. The van der Waals surface area contributed by atoms with Crippen molar-refractivity contribution < 1.29 is 175 Å². The summed E-state index contributed by atoms with van der Waals surface area (Å²) in [7, 11) is 1.13. The number of carbonyl (C=O) groups is 11. The molecule has 0 spiro atoms. The van der Waals surface area contributed by atoms with Gasteiger partial charge in [0.25, 0.3) is 41.8 Å². The number of pyridine rings is 3. The summed E-state index contributed by atoms with van der Waals surface area (Å²) in [6.07, 6.45) is 9.07. The Kier molecular flexibility index (Phi) is 41.7. The second-order valence-electron chi connectivity index (χ2n) is 33.3. The van der Waals surface area contributed by atoms with E-state index in [0.717, 1.165) is 101 Å². The van der Waals surface area contributed by atoms with E-state index in [1.807, 2.05) is 63.2 Å². The van der Waals surface area contributed by atoms with Crippen LogP contribution in [0.25, 0.3) is 0 Å². The van der Waals surface area contributed by atoms with Gasteiger partial charge in [-0.05, 0) is 128 Å². The van der Waals surface area contributed by atoms with Gasteiger partial charge in [0.05, 0.1) is 38.4 Å². The Bertz CT molecular complexity index is 6300. The fraction of sp³-hybridized carbons (Fsp3) is 0.371. The molecule has 4 aromatic heterocycles. The molecule has 0 bridgehead atoms. The third kappa shape index (κ3) is 29.6. The molecule has 8 atom stereocenters. The summed E-state index contributed by atoms with van der Waals surface area (Å²) >= 11 is 0. The number of hydrogen-bond donors (Lipinski definition) is 8. The van der Waals surface area contributed by atoms with E-state index in [0.29, 0.717) is 30.7 Å². The maximum absolute atomic E-state index is 14.0. The van der Waals surface area contributed by atoms with Crippen molar-refractivity contribution in [2.45, 2.75) is 212 Å². The van der Waals surface area contributed by atoms with Gasteiger partial charge in [-0.15, -0.1) is 0 Å². The van der Waals surface area contributed by atoms with Crippen molar-refractivity contribution in [1.82, 2.24) is 45.6 Å². The third-order valence-corrected chi connectivity index (χ3v) is 22.7. The minimum atomic E-state index is -4.64. The van der Waals surface area contributed by atoms with E-state index >= 15 is 0 Å². The minimum absolute atomic E-state index is 0. The molecule has 0 saturated heterocycles. The van der Waals surface area contributed by atoms with E-state index in [9.17, 15) is 107 Å². The zero-order valence-electron chi connectivity index (χ0n) is 77.5. The van der Waals surface area contributed by atoms with Crippen LogP contribution in [0.3, 0.4) is 0 Å². The molecular weight excluding hydrogens is 1920 g/mol. The van der Waals surface area contributed by atoms with E-state index in [-0.39, 0.29) is 188 Å². The molecule has 0 unspecified atom stereocenters. The van der Waals surface area contributed by atoms with Crippen LogP contribution in [0.2, 0.25) is 0 Å². The number of aromatic nitrogens is 3. The average Bonchev–Trinajstić information content (AvgIpc) is 1.74. The second kappa shape index (κ2) is 52.3. The number of halogens is 9. The van der Waals surface area contributed by atoms with Gasteiger partial charge in [0.2, 0.25) is 33.8 Å². The first-order chi connectivity index (χ1) is 67.1. The van der Waals surface area contributed by atoms with Gasteiger partial charge < -0.3 is 104 Å². The normalized spacial score (nSPS) is 17.6. The van der Waals surface area contributed by atoms with Gasteiger partial charge in [0.15, 0.2) is 34.3 Å². The van der Waals surface area contributed by atoms with Gasteiger partial charge in [0, 0.05) is 97.3 Å². The number of nitrogens with zero attached hydrogens (tertiary/aromatic N) is 3. The van der Waals surface area contributed by atoms with Crippen LogP contribution in [-0.4, -0.2) is 147 Å². The standard InChI is InChI=1S/C26H22F3N3O4.C21H22N2O5.C19H16F3N3O4.C17H16O7.C10H20N2O2.C2HF3O.CH2O3.CH4.Na/c27-15-9-18(28)16(19(29)10-15)11-30-25(34)17-12-32-21-8-4-7-20(21)31-26(35)22(32)24(23(17)33)36-13-14-5-2-1-3-6-14;1-2-27-21(26)14-11-23-16-10-6-9-15(16)22-20(25)17(23)19(18(14)24)28-12-13-7-4-3-5-8-13;20-8-4-11(21)9(12(22)5-8)6-23-18(28)10-7-25-14-3-1-2-13(14)24-19(29)15(25)17(27)16(10)26;1-3-22-17(20)15-14(23-9-11-7-5-4-6-8-11)13(18)12(10-24-15)16(19)21-2;1-10(2,3)14-9(13)12-8-6-4-5-7(8)11;3-2(4,5)1-6;2-1-4-3;;/h1-3,5-6,9-10,12,20-21H,4,7-8,11,13H2,(H,30,34)(H,31,35);3-5,7-8,11,15-16H,2,6,9-10,12H2,1H3,(H,22,25);4-5,7,13-14,27H,1-3,6H2,(H,23,28)(H,24,29);4-8,10H,3,9H2,1-2H3;7-8H,4-6,11H2,1-3H3,(H,12,13);1H;1,3H;1H4;/q;;;;;;;;+1/p-1/t20-,21+;15-,16+;13-,14+;;7-,8+;;;;/m000.1..../s1. The zero-order chi connectivity index (χ0) is 103. The van der Waals surface area contributed by atoms with Gasteiger partial charge in [-0.25, -0.2) is 45.5 Å². The smallest absolute Gasteiger partial charge is 0.662 e. The van der Waals surface area contributed by atoms with E-state index in [4.69, 9.17) is 53.4 Å². The summed E-state index contributed by atoms with van der Waals surface area (Å²) in [4.78, 5) is 182. The number of aromatic hydroxyl groups is 1. The number of alkyl carbamates (subject to hydrolysis) is 1. The summed E-state index contributed by atoms with van der Waals surface area (Å²) in [5.74, 6) is -14.6. The number of nitrogens with one attached hydrogen (secondary N) is 6. The monoisotopic (exact) mass is 2020 g/mol. The van der Waals surface area contributed by atoms with E-state index < -0.39 is 158 Å². The number of methoxy groups -OCH3 is 1. The van der Waals surface area contributed by atoms with Gasteiger partial charge in [-0.1, -0.05) is 98.4 Å². The van der Waals surface area contributed by atoms with Crippen LogP contribution >= 0.6 is 0 Å². The molecule has 36 nitrogen and oxygen atoms in total. The van der Waals surface area contributed by atoms with E-state index in [2.05, 4.69) is 41.5 Å². The van der Waals surface area contributed by atoms with Crippen molar-refractivity contribution in [2.75, 3.05) is 20.3 Å².